The summed E-state index contributed by atoms with van der Waals surface area (Å²) < 4.78 is 27.0. The number of aryl methyl sites for hydroxylation is 2. The van der Waals surface area contributed by atoms with Gasteiger partial charge in [-0.1, -0.05) is 6.92 Å². The molecule has 0 aliphatic heterocycles. The summed E-state index contributed by atoms with van der Waals surface area (Å²) in [5.74, 6) is -0.684. The van der Waals surface area contributed by atoms with Gasteiger partial charge < -0.3 is 0 Å². The first-order valence-corrected chi connectivity index (χ1v) is 8.66. The maximum Gasteiger partial charge on any atom is 0.264 e. The molecule has 0 atom stereocenters. The van der Waals surface area contributed by atoms with Gasteiger partial charge in [0, 0.05) is 11.3 Å². The van der Waals surface area contributed by atoms with Crippen molar-refractivity contribution in [2.75, 3.05) is 5.75 Å². The smallest absolute Gasteiger partial charge is 0.264 e. The first-order valence-electron chi connectivity index (χ1n) is 7.01. The Labute approximate surface area is 130 Å². The van der Waals surface area contributed by atoms with Crippen LogP contribution in [0.3, 0.4) is 0 Å². The van der Waals surface area contributed by atoms with Gasteiger partial charge in [-0.15, -0.1) is 0 Å². The second kappa shape index (κ2) is 6.31. The number of hydrogen-bond acceptors (Lipinski definition) is 4. The molecular formula is C15H19N3O3S. The molecule has 1 aromatic carbocycles. The summed E-state index contributed by atoms with van der Waals surface area (Å²) in [6.07, 6.45) is 0.458. The standard InChI is InChI=1S/C15H19N3O3S/c1-4-9-22(20,21)17-15(19)13-5-7-14(8-6-13)18-12(3)10-11(2)16-18/h5-8,10H,4,9H2,1-3H3,(H,17,19). The normalized spacial score (nSPS) is 11.4. The van der Waals surface area contributed by atoms with Crippen LogP contribution in [0.5, 0.6) is 0 Å². The zero-order valence-corrected chi connectivity index (χ0v) is 13.6. The minimum Gasteiger partial charge on any atom is -0.268 e. The number of benzene rings is 1. The molecule has 2 aromatic rings. The fourth-order valence-corrected chi connectivity index (χ4v) is 3.20. The second-order valence-electron chi connectivity index (χ2n) is 5.14. The SMILES string of the molecule is CCCS(=O)(=O)NC(=O)c1ccc(-n2nc(C)cc2C)cc1. The number of rotatable bonds is 5. The highest BCUT2D eigenvalue weighted by Crippen LogP contribution is 2.13. The predicted molar refractivity (Wildman–Crippen MR) is 84.6 cm³/mol. The number of hydrogen-bond donors (Lipinski definition) is 1. The third-order valence-corrected chi connectivity index (χ3v) is 4.55. The highest BCUT2D eigenvalue weighted by Gasteiger charge is 2.15. The fraction of sp³-hybridized carbons (Fsp3) is 0.333. The lowest BCUT2D eigenvalue weighted by atomic mass is 10.2. The Morgan fingerprint density at radius 3 is 2.36 bits per heavy atom. The van der Waals surface area contributed by atoms with Crippen molar-refractivity contribution in [3.05, 3.63) is 47.3 Å². The zero-order valence-electron chi connectivity index (χ0n) is 12.8. The van der Waals surface area contributed by atoms with Crippen LogP contribution in [0.2, 0.25) is 0 Å². The number of amides is 1. The van der Waals surface area contributed by atoms with E-state index < -0.39 is 15.9 Å². The van der Waals surface area contributed by atoms with E-state index in [-0.39, 0.29) is 5.75 Å². The van der Waals surface area contributed by atoms with Crippen LogP contribution in [-0.4, -0.2) is 29.9 Å². The lowest BCUT2D eigenvalue weighted by molar-refractivity contribution is 0.0981. The van der Waals surface area contributed by atoms with E-state index in [4.69, 9.17) is 0 Å². The van der Waals surface area contributed by atoms with Crippen LogP contribution in [-0.2, 0) is 10.0 Å². The van der Waals surface area contributed by atoms with E-state index >= 15 is 0 Å². The van der Waals surface area contributed by atoms with Crippen molar-refractivity contribution in [2.45, 2.75) is 27.2 Å². The quantitative estimate of drug-likeness (QED) is 0.913. The molecule has 0 aliphatic rings. The second-order valence-corrected chi connectivity index (χ2v) is 6.98. The average Bonchev–Trinajstić information content (AvgIpc) is 2.77. The van der Waals surface area contributed by atoms with Crippen LogP contribution in [0, 0.1) is 13.8 Å². The molecule has 0 saturated heterocycles. The molecule has 1 N–H and O–H groups in total. The van der Waals surface area contributed by atoms with Crippen molar-refractivity contribution < 1.29 is 13.2 Å². The number of aromatic nitrogens is 2. The molecule has 6 nitrogen and oxygen atoms in total. The van der Waals surface area contributed by atoms with E-state index in [0.717, 1.165) is 17.1 Å². The van der Waals surface area contributed by atoms with E-state index in [2.05, 4.69) is 9.82 Å². The monoisotopic (exact) mass is 321 g/mol. The average molecular weight is 321 g/mol. The summed E-state index contributed by atoms with van der Waals surface area (Å²) in [7, 11) is -3.56. The van der Waals surface area contributed by atoms with E-state index in [1.807, 2.05) is 19.9 Å². The maximum atomic E-state index is 11.9. The number of sulfonamides is 1. The van der Waals surface area contributed by atoms with Gasteiger partial charge >= 0.3 is 0 Å². The van der Waals surface area contributed by atoms with Crippen molar-refractivity contribution in [2.24, 2.45) is 0 Å². The Bertz CT molecular complexity index is 777. The molecule has 7 heteroatoms. The van der Waals surface area contributed by atoms with Crippen LogP contribution >= 0.6 is 0 Å². The molecule has 1 heterocycles. The van der Waals surface area contributed by atoms with Crippen LogP contribution in [0.25, 0.3) is 5.69 Å². The summed E-state index contributed by atoms with van der Waals surface area (Å²) in [6.45, 7) is 5.59. The van der Waals surface area contributed by atoms with Crippen molar-refractivity contribution >= 4 is 15.9 Å². The first kappa shape index (κ1) is 16.2. The van der Waals surface area contributed by atoms with Crippen LogP contribution < -0.4 is 4.72 Å². The summed E-state index contributed by atoms with van der Waals surface area (Å²) in [5.41, 5.74) is 3.01. The van der Waals surface area contributed by atoms with Gasteiger partial charge in [-0.05, 0) is 50.6 Å². The minimum absolute atomic E-state index is 0.0669. The predicted octanol–water partition coefficient (Wildman–Crippen LogP) is 1.96. The largest absolute Gasteiger partial charge is 0.268 e. The van der Waals surface area contributed by atoms with E-state index in [0.29, 0.717) is 12.0 Å². The van der Waals surface area contributed by atoms with Gasteiger partial charge in [-0.3, -0.25) is 4.79 Å². The van der Waals surface area contributed by atoms with Gasteiger partial charge in [-0.25, -0.2) is 17.8 Å². The van der Waals surface area contributed by atoms with E-state index in [9.17, 15) is 13.2 Å². The summed E-state index contributed by atoms with van der Waals surface area (Å²) in [5, 5.41) is 4.36. The lowest BCUT2D eigenvalue weighted by Crippen LogP contribution is -2.32. The van der Waals surface area contributed by atoms with Crippen molar-refractivity contribution in [3.63, 3.8) is 0 Å². The van der Waals surface area contributed by atoms with Crippen molar-refractivity contribution in [1.29, 1.82) is 0 Å². The molecule has 22 heavy (non-hydrogen) atoms. The lowest BCUT2D eigenvalue weighted by Gasteiger charge is -2.07. The molecule has 1 amide bonds. The van der Waals surface area contributed by atoms with Crippen molar-refractivity contribution in [3.8, 4) is 5.69 Å². The number of nitrogens with one attached hydrogen (secondary N) is 1. The Balaban J connectivity index is 2.19. The topological polar surface area (TPSA) is 81.1 Å². The summed E-state index contributed by atoms with van der Waals surface area (Å²) >= 11 is 0. The molecule has 0 saturated carbocycles. The highest BCUT2D eigenvalue weighted by atomic mass is 32.2. The fourth-order valence-electron chi connectivity index (χ4n) is 2.16. The maximum absolute atomic E-state index is 11.9. The van der Waals surface area contributed by atoms with Crippen molar-refractivity contribution in [1.82, 2.24) is 14.5 Å². The van der Waals surface area contributed by atoms with Gasteiger partial charge in [-0.2, -0.15) is 5.10 Å². The van der Waals surface area contributed by atoms with Gasteiger partial charge in [0.1, 0.15) is 0 Å². The molecule has 0 unspecified atom stereocenters. The van der Waals surface area contributed by atoms with Gasteiger partial charge in [0.15, 0.2) is 0 Å². The molecule has 0 spiro atoms. The van der Waals surface area contributed by atoms with Gasteiger partial charge in [0.2, 0.25) is 10.0 Å². The Hall–Kier alpha value is -2.15. The minimum atomic E-state index is -3.56. The molecule has 118 valence electrons. The van der Waals surface area contributed by atoms with E-state index in [1.54, 1.807) is 35.9 Å². The highest BCUT2D eigenvalue weighted by molar-refractivity contribution is 7.90. The Morgan fingerprint density at radius 2 is 1.86 bits per heavy atom. The number of carbonyl (C=O) groups is 1. The Morgan fingerprint density at radius 1 is 1.23 bits per heavy atom. The van der Waals surface area contributed by atoms with Gasteiger partial charge in [0.25, 0.3) is 5.91 Å². The third kappa shape index (κ3) is 3.73. The number of nitrogens with zero attached hydrogens (tertiary/aromatic N) is 2. The Kier molecular flexibility index (Phi) is 4.65. The molecular weight excluding hydrogens is 302 g/mol. The molecule has 0 radical (unpaired) electrons. The molecule has 2 rings (SSSR count). The summed E-state index contributed by atoms with van der Waals surface area (Å²) in [6, 6.07) is 8.60. The molecule has 0 bridgehead atoms. The summed E-state index contributed by atoms with van der Waals surface area (Å²) in [4.78, 5) is 11.9. The molecule has 0 fully saturated rings. The molecule has 1 aromatic heterocycles. The third-order valence-electron chi connectivity index (χ3n) is 3.10. The first-order chi connectivity index (χ1) is 10.3. The number of carbonyl (C=O) groups excluding carboxylic acids is 1. The van der Waals surface area contributed by atoms with Crippen LogP contribution in [0.1, 0.15) is 35.1 Å². The zero-order chi connectivity index (χ0) is 16.3. The molecule has 0 aliphatic carbocycles. The van der Waals surface area contributed by atoms with Crippen LogP contribution in [0.15, 0.2) is 30.3 Å². The van der Waals surface area contributed by atoms with E-state index in [1.165, 1.54) is 0 Å². The van der Waals surface area contributed by atoms with Gasteiger partial charge in [0.05, 0.1) is 17.1 Å². The van der Waals surface area contributed by atoms with Crippen LogP contribution in [0.4, 0.5) is 0 Å².